The Labute approximate surface area is 114 Å². The molecule has 0 aliphatic carbocycles. The lowest BCUT2D eigenvalue weighted by Gasteiger charge is -2.15. The minimum atomic E-state index is -1.03. The average molecular weight is 281 g/mol. The Kier molecular flexibility index (Phi) is 5.60. The molecule has 0 fully saturated rings. The highest BCUT2D eigenvalue weighted by atomic mass is 16.6. The number of hydrogen-bond donors (Lipinski definition) is 3. The van der Waals surface area contributed by atoms with E-state index in [1.54, 1.807) is 6.07 Å². The number of nitrogens with two attached hydrogens (primary N) is 1. The number of nitrogens with one attached hydrogen (secondary N) is 1. The third-order valence-electron chi connectivity index (χ3n) is 2.66. The standard InChI is InChI=1S/C12H15N3O5/c13-11(16)7-14-6-9(5-12(17)18)8-2-1-3-10(4-8)15(19)20/h1-4,9,14H,5-7H2,(H2,13,16)(H,17,18). The van der Waals surface area contributed by atoms with Crippen molar-refractivity contribution >= 4 is 17.6 Å². The molecule has 1 aromatic carbocycles. The van der Waals surface area contributed by atoms with Crippen LogP contribution in [-0.2, 0) is 9.59 Å². The molecule has 108 valence electrons. The fraction of sp³-hybridized carbons (Fsp3) is 0.333. The van der Waals surface area contributed by atoms with Crippen LogP contribution in [0.1, 0.15) is 17.9 Å². The van der Waals surface area contributed by atoms with E-state index in [9.17, 15) is 19.7 Å². The van der Waals surface area contributed by atoms with Gasteiger partial charge in [0.1, 0.15) is 0 Å². The molecule has 20 heavy (non-hydrogen) atoms. The molecule has 0 aliphatic heterocycles. The third-order valence-corrected chi connectivity index (χ3v) is 2.66. The van der Waals surface area contributed by atoms with E-state index in [0.717, 1.165) is 0 Å². The molecule has 1 unspecified atom stereocenters. The number of carboxylic acids is 1. The van der Waals surface area contributed by atoms with Gasteiger partial charge in [-0.3, -0.25) is 19.7 Å². The fourth-order valence-corrected chi connectivity index (χ4v) is 1.78. The Morgan fingerprint density at radius 3 is 2.70 bits per heavy atom. The predicted octanol–water partition coefficient (Wildman–Crippen LogP) is 0.228. The first-order valence-corrected chi connectivity index (χ1v) is 5.85. The maximum Gasteiger partial charge on any atom is 0.304 e. The topological polar surface area (TPSA) is 136 Å². The largest absolute Gasteiger partial charge is 0.481 e. The zero-order valence-corrected chi connectivity index (χ0v) is 10.6. The molecule has 1 atom stereocenters. The van der Waals surface area contributed by atoms with Gasteiger partial charge < -0.3 is 16.2 Å². The van der Waals surface area contributed by atoms with Gasteiger partial charge in [0, 0.05) is 24.6 Å². The normalized spacial score (nSPS) is 11.8. The molecule has 0 bridgehead atoms. The smallest absolute Gasteiger partial charge is 0.304 e. The second-order valence-corrected chi connectivity index (χ2v) is 4.24. The zero-order valence-electron chi connectivity index (χ0n) is 10.6. The van der Waals surface area contributed by atoms with Crippen molar-refractivity contribution in [3.8, 4) is 0 Å². The maximum atomic E-state index is 10.8. The van der Waals surface area contributed by atoms with Crippen molar-refractivity contribution in [2.24, 2.45) is 5.73 Å². The number of aliphatic carboxylic acids is 1. The summed E-state index contributed by atoms with van der Waals surface area (Å²) in [5.74, 6) is -2.06. The van der Waals surface area contributed by atoms with Crippen LogP contribution in [0.5, 0.6) is 0 Å². The molecule has 0 saturated carbocycles. The zero-order chi connectivity index (χ0) is 15.1. The van der Waals surface area contributed by atoms with Crippen molar-refractivity contribution in [2.75, 3.05) is 13.1 Å². The molecule has 1 amide bonds. The Bertz CT molecular complexity index is 518. The number of carbonyl (C=O) groups excluding carboxylic acids is 1. The fourth-order valence-electron chi connectivity index (χ4n) is 1.78. The molecule has 0 saturated heterocycles. The number of nitro groups is 1. The van der Waals surface area contributed by atoms with Crippen molar-refractivity contribution < 1.29 is 19.6 Å². The molecule has 0 aromatic heterocycles. The predicted molar refractivity (Wildman–Crippen MR) is 70.2 cm³/mol. The van der Waals surface area contributed by atoms with E-state index in [-0.39, 0.29) is 25.2 Å². The number of hydrogen-bond acceptors (Lipinski definition) is 5. The molecule has 1 rings (SSSR count). The maximum absolute atomic E-state index is 10.8. The Morgan fingerprint density at radius 1 is 1.45 bits per heavy atom. The van der Waals surface area contributed by atoms with Gasteiger partial charge in [0.05, 0.1) is 17.9 Å². The number of nitrogens with zero attached hydrogens (tertiary/aromatic N) is 1. The second kappa shape index (κ2) is 7.19. The first-order valence-electron chi connectivity index (χ1n) is 5.85. The first kappa shape index (κ1) is 15.6. The summed E-state index contributed by atoms with van der Waals surface area (Å²) in [5, 5.41) is 22.3. The number of carbonyl (C=O) groups is 2. The van der Waals surface area contributed by atoms with E-state index in [1.807, 2.05) is 0 Å². The van der Waals surface area contributed by atoms with Crippen molar-refractivity contribution in [2.45, 2.75) is 12.3 Å². The summed E-state index contributed by atoms with van der Waals surface area (Å²) in [6.07, 6.45) is -0.201. The summed E-state index contributed by atoms with van der Waals surface area (Å²) >= 11 is 0. The van der Waals surface area contributed by atoms with Gasteiger partial charge in [0.25, 0.3) is 5.69 Å². The van der Waals surface area contributed by atoms with Gasteiger partial charge in [-0.15, -0.1) is 0 Å². The summed E-state index contributed by atoms with van der Waals surface area (Å²) in [5.41, 5.74) is 5.40. The first-order chi connectivity index (χ1) is 9.40. The lowest BCUT2D eigenvalue weighted by molar-refractivity contribution is -0.384. The number of rotatable bonds is 8. The van der Waals surface area contributed by atoms with Crippen LogP contribution >= 0.6 is 0 Å². The quantitative estimate of drug-likeness (QED) is 0.461. The highest BCUT2D eigenvalue weighted by Gasteiger charge is 2.18. The minimum Gasteiger partial charge on any atom is -0.481 e. The second-order valence-electron chi connectivity index (χ2n) is 4.24. The van der Waals surface area contributed by atoms with E-state index in [1.165, 1.54) is 18.2 Å². The number of nitro benzene ring substituents is 1. The lowest BCUT2D eigenvalue weighted by atomic mass is 9.95. The van der Waals surface area contributed by atoms with E-state index in [2.05, 4.69) is 5.32 Å². The number of amides is 1. The summed E-state index contributed by atoms with van der Waals surface area (Å²) in [7, 11) is 0. The summed E-state index contributed by atoms with van der Waals surface area (Å²) in [6, 6.07) is 5.78. The Morgan fingerprint density at radius 2 is 2.15 bits per heavy atom. The van der Waals surface area contributed by atoms with Gasteiger partial charge in [-0.1, -0.05) is 12.1 Å². The van der Waals surface area contributed by atoms with Gasteiger partial charge in [-0.25, -0.2) is 0 Å². The van der Waals surface area contributed by atoms with Gasteiger partial charge >= 0.3 is 5.97 Å². The van der Waals surface area contributed by atoms with Gasteiger partial charge in [-0.05, 0) is 5.56 Å². The highest BCUT2D eigenvalue weighted by Crippen LogP contribution is 2.23. The van der Waals surface area contributed by atoms with Crippen LogP contribution in [0.2, 0.25) is 0 Å². The molecule has 8 heteroatoms. The van der Waals surface area contributed by atoms with Crippen molar-refractivity contribution in [1.29, 1.82) is 0 Å². The van der Waals surface area contributed by atoms with Crippen LogP contribution in [0.4, 0.5) is 5.69 Å². The molecule has 8 nitrogen and oxygen atoms in total. The van der Waals surface area contributed by atoms with Crippen molar-refractivity contribution in [1.82, 2.24) is 5.32 Å². The monoisotopic (exact) mass is 281 g/mol. The summed E-state index contributed by atoms with van der Waals surface area (Å²) in [4.78, 5) is 31.7. The average Bonchev–Trinajstić information content (AvgIpc) is 2.37. The number of carboxylic acid groups (broad SMARTS) is 1. The van der Waals surface area contributed by atoms with Gasteiger partial charge in [-0.2, -0.15) is 0 Å². The molecule has 0 spiro atoms. The molecule has 0 heterocycles. The minimum absolute atomic E-state index is 0.0783. The van der Waals surface area contributed by atoms with Crippen LogP contribution in [0.3, 0.4) is 0 Å². The van der Waals surface area contributed by atoms with E-state index >= 15 is 0 Å². The SMILES string of the molecule is NC(=O)CNCC(CC(=O)O)c1cccc([N+](=O)[O-])c1. The molecule has 1 aromatic rings. The highest BCUT2D eigenvalue weighted by molar-refractivity contribution is 5.75. The summed E-state index contributed by atoms with van der Waals surface area (Å²) in [6.45, 7) is 0.113. The number of non-ortho nitro benzene ring substituents is 1. The van der Waals surface area contributed by atoms with Gasteiger partial charge in [0.2, 0.25) is 5.91 Å². The van der Waals surface area contributed by atoms with Crippen molar-refractivity contribution in [3.63, 3.8) is 0 Å². The molecule has 0 aliphatic rings. The van der Waals surface area contributed by atoms with Crippen molar-refractivity contribution in [3.05, 3.63) is 39.9 Å². The van der Waals surface area contributed by atoms with Gasteiger partial charge in [0.15, 0.2) is 0 Å². The van der Waals surface area contributed by atoms with Crippen LogP contribution in [0, 0.1) is 10.1 Å². The van der Waals surface area contributed by atoms with Crippen LogP contribution < -0.4 is 11.1 Å². The Hall–Kier alpha value is -2.48. The van der Waals surface area contributed by atoms with E-state index in [0.29, 0.717) is 5.56 Å². The number of primary amides is 1. The van der Waals surface area contributed by atoms with E-state index in [4.69, 9.17) is 10.8 Å². The summed E-state index contributed by atoms with van der Waals surface area (Å²) < 4.78 is 0. The Balaban J connectivity index is 2.86. The molecule has 4 N–H and O–H groups in total. The lowest BCUT2D eigenvalue weighted by Crippen LogP contribution is -2.32. The third kappa shape index (κ3) is 5.02. The molecule has 0 radical (unpaired) electrons. The van der Waals surface area contributed by atoms with Crippen LogP contribution in [0.15, 0.2) is 24.3 Å². The number of benzene rings is 1. The molecular formula is C12H15N3O5. The molecular weight excluding hydrogens is 266 g/mol. The van der Waals surface area contributed by atoms with Crippen LogP contribution in [-0.4, -0.2) is 35.0 Å². The van der Waals surface area contributed by atoms with Crippen LogP contribution in [0.25, 0.3) is 0 Å². The van der Waals surface area contributed by atoms with E-state index < -0.39 is 22.7 Å².